The van der Waals surface area contributed by atoms with Gasteiger partial charge in [-0.15, -0.1) is 0 Å². The summed E-state index contributed by atoms with van der Waals surface area (Å²) in [5, 5.41) is 12.5. The first-order valence-electron chi connectivity index (χ1n) is 8.31. The fourth-order valence-electron chi connectivity index (χ4n) is 2.77. The second kappa shape index (κ2) is 8.39. The molecule has 22 heavy (non-hydrogen) atoms. The smallest absolute Gasteiger partial charge is 0.146 e. The Morgan fingerprint density at radius 1 is 1.27 bits per heavy atom. The van der Waals surface area contributed by atoms with Crippen LogP contribution in [0.2, 0.25) is 0 Å². The van der Waals surface area contributed by atoms with Crippen molar-refractivity contribution in [2.24, 2.45) is 5.92 Å². The van der Waals surface area contributed by atoms with E-state index in [2.05, 4.69) is 16.4 Å². The monoisotopic (exact) mass is 306 g/mol. The molecule has 0 amide bonds. The van der Waals surface area contributed by atoms with Gasteiger partial charge in [-0.25, -0.2) is 9.37 Å². The molecule has 1 aromatic rings. The number of halogens is 1. The minimum atomic E-state index is -0.286. The molecule has 2 N–H and O–H groups in total. The van der Waals surface area contributed by atoms with E-state index in [1.807, 2.05) is 13.8 Å². The zero-order valence-electron chi connectivity index (χ0n) is 13.6. The average molecular weight is 306 g/mol. The van der Waals surface area contributed by atoms with Gasteiger partial charge in [-0.1, -0.05) is 26.3 Å². The molecule has 0 radical (unpaired) electrons. The van der Waals surface area contributed by atoms with Crippen LogP contribution in [0.5, 0.6) is 0 Å². The highest BCUT2D eigenvalue weighted by atomic mass is 19.1. The molecule has 0 unspecified atom stereocenters. The highest BCUT2D eigenvalue weighted by molar-refractivity contribution is 5.62. The molecule has 0 saturated carbocycles. The van der Waals surface area contributed by atoms with E-state index in [1.165, 1.54) is 30.9 Å². The van der Waals surface area contributed by atoms with E-state index in [9.17, 15) is 9.50 Å². The molecule has 0 spiro atoms. The van der Waals surface area contributed by atoms with Gasteiger partial charge in [0.2, 0.25) is 0 Å². The molecular weight excluding hydrogens is 279 g/mol. The number of nitrogens with zero attached hydrogens (tertiary/aromatic N) is 1. The molecule has 1 aromatic heterocycles. The van der Waals surface area contributed by atoms with Crippen LogP contribution >= 0.6 is 0 Å². The van der Waals surface area contributed by atoms with Crippen LogP contribution in [0, 0.1) is 11.7 Å². The van der Waals surface area contributed by atoms with Gasteiger partial charge in [0.15, 0.2) is 0 Å². The van der Waals surface area contributed by atoms with E-state index in [0.717, 1.165) is 18.5 Å². The number of hydrogen-bond donors (Lipinski definition) is 2. The van der Waals surface area contributed by atoms with Crippen LogP contribution in [0.1, 0.15) is 57.3 Å². The Hall–Kier alpha value is -1.26. The highest BCUT2D eigenvalue weighted by Crippen LogP contribution is 2.25. The zero-order chi connectivity index (χ0) is 15.9. The van der Waals surface area contributed by atoms with E-state index in [0.29, 0.717) is 18.2 Å². The number of pyridine rings is 1. The fourth-order valence-corrected chi connectivity index (χ4v) is 2.77. The summed E-state index contributed by atoms with van der Waals surface area (Å²) in [6.45, 7) is 4.45. The van der Waals surface area contributed by atoms with Crippen molar-refractivity contribution in [3.63, 3.8) is 0 Å². The van der Waals surface area contributed by atoms with Gasteiger partial charge in [0.05, 0.1) is 18.0 Å². The lowest BCUT2D eigenvalue weighted by atomic mass is 10.0. The van der Waals surface area contributed by atoms with Gasteiger partial charge < -0.3 is 10.4 Å². The molecule has 4 heteroatoms. The topological polar surface area (TPSA) is 45.1 Å². The van der Waals surface area contributed by atoms with Crippen molar-refractivity contribution in [1.82, 2.24) is 10.3 Å². The first kappa shape index (κ1) is 17.1. The number of allylic oxidation sites excluding steroid dienone is 2. The third kappa shape index (κ3) is 4.62. The summed E-state index contributed by atoms with van der Waals surface area (Å²) in [5.41, 5.74) is 2.56. The quantitative estimate of drug-likeness (QED) is 0.843. The molecule has 0 aromatic carbocycles. The second-order valence-electron chi connectivity index (χ2n) is 6.37. The Labute approximate surface area is 132 Å². The minimum Gasteiger partial charge on any atom is -0.395 e. The average Bonchev–Trinajstić information content (AvgIpc) is 2.78. The van der Waals surface area contributed by atoms with Crippen LogP contribution in [0.3, 0.4) is 0 Å². The van der Waals surface area contributed by atoms with Gasteiger partial charge in [-0.05, 0) is 49.3 Å². The van der Waals surface area contributed by atoms with Crippen molar-refractivity contribution >= 4 is 5.57 Å². The molecule has 2 rings (SSSR count). The standard InChI is InChI=1S/C18H27FN2O/c1-13(2)18(12-22)20-11-17-15(19)9-10-16(21-17)14-7-5-3-4-6-8-14/h7,9-10,13,18,20,22H,3-6,8,11-12H2,1-2H3/t18-/m0/s1. The van der Waals surface area contributed by atoms with Crippen LogP contribution in [0.25, 0.3) is 5.57 Å². The lowest BCUT2D eigenvalue weighted by molar-refractivity contribution is 0.209. The molecule has 0 aliphatic heterocycles. The second-order valence-corrected chi connectivity index (χ2v) is 6.37. The van der Waals surface area contributed by atoms with Crippen molar-refractivity contribution in [2.45, 2.75) is 58.5 Å². The number of aliphatic hydroxyl groups is 1. The van der Waals surface area contributed by atoms with Gasteiger partial charge in [-0.2, -0.15) is 0 Å². The molecule has 1 atom stereocenters. The summed E-state index contributed by atoms with van der Waals surface area (Å²) < 4.78 is 14.0. The van der Waals surface area contributed by atoms with Crippen molar-refractivity contribution in [2.75, 3.05) is 6.61 Å². The predicted octanol–water partition coefficient (Wildman–Crippen LogP) is 3.67. The lowest BCUT2D eigenvalue weighted by Gasteiger charge is -2.20. The van der Waals surface area contributed by atoms with E-state index in [-0.39, 0.29) is 18.5 Å². The Kier molecular flexibility index (Phi) is 6.52. The maximum Gasteiger partial charge on any atom is 0.146 e. The van der Waals surface area contributed by atoms with Crippen molar-refractivity contribution in [3.8, 4) is 0 Å². The van der Waals surface area contributed by atoms with Crippen LogP contribution < -0.4 is 5.32 Å². The number of aromatic nitrogens is 1. The number of hydrogen-bond acceptors (Lipinski definition) is 3. The third-order valence-electron chi connectivity index (χ3n) is 4.32. The predicted molar refractivity (Wildman–Crippen MR) is 87.8 cm³/mol. The molecule has 0 bridgehead atoms. The highest BCUT2D eigenvalue weighted by Gasteiger charge is 2.14. The normalized spacial score (nSPS) is 17.2. The largest absolute Gasteiger partial charge is 0.395 e. The van der Waals surface area contributed by atoms with Gasteiger partial charge in [-0.3, -0.25) is 0 Å². The first-order chi connectivity index (χ1) is 10.6. The molecule has 122 valence electrons. The van der Waals surface area contributed by atoms with Crippen molar-refractivity contribution in [3.05, 3.63) is 35.4 Å². The van der Waals surface area contributed by atoms with Crippen molar-refractivity contribution in [1.29, 1.82) is 0 Å². The molecular formula is C18H27FN2O. The van der Waals surface area contributed by atoms with Gasteiger partial charge in [0.25, 0.3) is 0 Å². The molecule has 3 nitrogen and oxygen atoms in total. The van der Waals surface area contributed by atoms with E-state index < -0.39 is 0 Å². The molecule has 1 aliphatic rings. The number of nitrogens with one attached hydrogen (secondary N) is 1. The minimum absolute atomic E-state index is 0.0399. The zero-order valence-corrected chi connectivity index (χ0v) is 13.6. The first-order valence-corrected chi connectivity index (χ1v) is 8.31. The van der Waals surface area contributed by atoms with Gasteiger partial charge in [0, 0.05) is 12.6 Å². The Morgan fingerprint density at radius 3 is 2.82 bits per heavy atom. The maximum absolute atomic E-state index is 14.0. The van der Waals surface area contributed by atoms with E-state index >= 15 is 0 Å². The van der Waals surface area contributed by atoms with Gasteiger partial charge >= 0.3 is 0 Å². The lowest BCUT2D eigenvalue weighted by Crippen LogP contribution is -2.37. The van der Waals surface area contributed by atoms with E-state index in [1.54, 1.807) is 6.07 Å². The maximum atomic E-state index is 14.0. The van der Waals surface area contributed by atoms with Crippen LogP contribution in [-0.4, -0.2) is 22.7 Å². The fraction of sp³-hybridized carbons (Fsp3) is 0.611. The molecule has 0 saturated heterocycles. The number of rotatable bonds is 6. The van der Waals surface area contributed by atoms with Crippen LogP contribution in [-0.2, 0) is 6.54 Å². The van der Waals surface area contributed by atoms with Gasteiger partial charge in [0.1, 0.15) is 5.82 Å². The molecule has 1 heterocycles. The Balaban J connectivity index is 2.11. The Morgan fingerprint density at radius 2 is 2.09 bits per heavy atom. The summed E-state index contributed by atoms with van der Waals surface area (Å²) in [6.07, 6.45) is 8.01. The summed E-state index contributed by atoms with van der Waals surface area (Å²) >= 11 is 0. The summed E-state index contributed by atoms with van der Waals surface area (Å²) in [5.74, 6) is 0.00623. The third-order valence-corrected chi connectivity index (χ3v) is 4.32. The van der Waals surface area contributed by atoms with Crippen LogP contribution in [0.4, 0.5) is 4.39 Å². The van der Waals surface area contributed by atoms with E-state index in [4.69, 9.17) is 0 Å². The van der Waals surface area contributed by atoms with Crippen molar-refractivity contribution < 1.29 is 9.50 Å². The molecule has 1 aliphatic carbocycles. The van der Waals surface area contributed by atoms with Crippen LogP contribution in [0.15, 0.2) is 18.2 Å². The summed E-state index contributed by atoms with van der Waals surface area (Å²) in [7, 11) is 0. The molecule has 0 fully saturated rings. The SMILES string of the molecule is CC(C)[C@H](CO)NCc1nc(C2=CCCCCC2)ccc1F. The summed E-state index contributed by atoms with van der Waals surface area (Å²) in [6, 6.07) is 3.25. The Bertz CT molecular complexity index is 514. The summed E-state index contributed by atoms with van der Waals surface area (Å²) in [4.78, 5) is 4.52. The number of aliphatic hydroxyl groups excluding tert-OH is 1.